The molecule has 0 aliphatic rings. The van der Waals surface area contributed by atoms with Crippen LogP contribution in [0, 0.1) is 17.8 Å². The van der Waals surface area contributed by atoms with E-state index in [4.69, 9.17) is 0 Å². The third-order valence-electron chi connectivity index (χ3n) is 3.18. The highest BCUT2D eigenvalue weighted by Gasteiger charge is 2.20. The van der Waals surface area contributed by atoms with Gasteiger partial charge in [0.25, 0.3) is 14.1 Å². The van der Waals surface area contributed by atoms with E-state index in [0.717, 1.165) is 17.8 Å². The van der Waals surface area contributed by atoms with Crippen LogP contribution in [-0.2, 0) is 0 Å². The van der Waals surface area contributed by atoms with Crippen molar-refractivity contribution in [2.75, 3.05) is 0 Å². The first kappa shape index (κ1) is 21.6. The van der Waals surface area contributed by atoms with Gasteiger partial charge in [-0.05, 0) is 6.42 Å². The molecule has 0 atom stereocenters. The highest BCUT2D eigenvalue weighted by molar-refractivity contribution is 6.58. The Bertz CT molecular complexity index is 158. The molecule has 0 heterocycles. The van der Waals surface area contributed by atoms with Crippen molar-refractivity contribution in [3.8, 4) is 0 Å². The predicted molar refractivity (Wildman–Crippen MR) is 94.4 cm³/mol. The molecule has 0 radical (unpaired) electrons. The van der Waals surface area contributed by atoms with Gasteiger partial charge in [-0.25, -0.2) is 0 Å². The number of rotatable bonds is 9. The summed E-state index contributed by atoms with van der Waals surface area (Å²) in [6, 6.07) is 0. The van der Waals surface area contributed by atoms with E-state index in [9.17, 15) is 0 Å². The Morgan fingerprint density at radius 2 is 1.21 bits per heavy atom. The van der Waals surface area contributed by atoms with Gasteiger partial charge in [0, 0.05) is 0 Å². The van der Waals surface area contributed by atoms with Gasteiger partial charge in [0.1, 0.15) is 0 Å². The molecular weight excluding hydrogens is 243 g/mol. The third-order valence-corrected chi connectivity index (χ3v) is 8.00. The maximum Gasteiger partial charge on any atom is 0.262 e. The maximum absolute atomic E-state index is 3.60. The van der Waals surface area contributed by atoms with Gasteiger partial charge in [0.2, 0.25) is 0 Å². The number of unbranched alkanes of at least 4 members (excludes halogenated alkanes) is 2. The van der Waals surface area contributed by atoms with E-state index < -0.39 is 14.1 Å². The largest absolute Gasteiger partial charge is 0.262 e. The molecule has 0 bridgehead atoms. The highest BCUT2D eigenvalue weighted by Crippen LogP contribution is 2.20. The van der Waals surface area contributed by atoms with Crippen molar-refractivity contribution in [3.05, 3.63) is 12.7 Å². The van der Waals surface area contributed by atoms with Crippen LogP contribution >= 0.6 is 0 Å². The van der Waals surface area contributed by atoms with Crippen LogP contribution in [0.3, 0.4) is 0 Å². The fourth-order valence-corrected chi connectivity index (χ4v) is 7.21. The summed E-state index contributed by atoms with van der Waals surface area (Å²) >= 11 is -0.407. The van der Waals surface area contributed by atoms with E-state index in [1.165, 1.54) is 19.3 Å². The molecule has 114 valence electrons. The summed E-state index contributed by atoms with van der Waals surface area (Å²) in [7, 11) is 0. The molecule has 0 aromatic heterocycles. The van der Waals surface area contributed by atoms with Crippen molar-refractivity contribution in [1.29, 1.82) is 0 Å². The third kappa shape index (κ3) is 20.7. The van der Waals surface area contributed by atoms with Gasteiger partial charge in [-0.15, -0.1) is 6.58 Å². The Morgan fingerprint density at radius 3 is 1.37 bits per heavy atom. The summed E-state index contributed by atoms with van der Waals surface area (Å²) in [5.41, 5.74) is 0. The molecule has 0 saturated heterocycles. The summed E-state index contributed by atoms with van der Waals surface area (Å²) in [5, 5.41) is 4.66. The molecule has 0 N–H and O–H groups in total. The predicted octanol–water partition coefficient (Wildman–Crippen LogP) is 6.81. The molecule has 0 unspecified atom stereocenters. The standard InChI is InChI=1S/C6H12.3C4H9.Al/c1-3-5-6-4-2;3*1-4(2)3;/h3H,1,4-6H2,2H3;3*4H,1H2,2-3H3;. The summed E-state index contributed by atoms with van der Waals surface area (Å²) in [6.07, 6.45) is 5.72. The monoisotopic (exact) mass is 282 g/mol. The normalized spacial score (nSPS) is 10.6. The van der Waals surface area contributed by atoms with Gasteiger partial charge < -0.3 is 0 Å². The average molecular weight is 282 g/mol. The molecule has 0 spiro atoms. The van der Waals surface area contributed by atoms with Crippen molar-refractivity contribution in [2.24, 2.45) is 17.8 Å². The van der Waals surface area contributed by atoms with Crippen LogP contribution < -0.4 is 0 Å². The van der Waals surface area contributed by atoms with Crippen molar-refractivity contribution in [2.45, 2.75) is 83.6 Å². The zero-order chi connectivity index (χ0) is 15.3. The lowest BCUT2D eigenvalue weighted by Crippen LogP contribution is -2.19. The van der Waals surface area contributed by atoms with Gasteiger partial charge in [0.15, 0.2) is 0 Å². The minimum Gasteiger partial charge on any atom is -0.103 e. The van der Waals surface area contributed by atoms with Crippen molar-refractivity contribution in [3.63, 3.8) is 0 Å². The molecule has 0 amide bonds. The first-order chi connectivity index (χ1) is 8.83. The lowest BCUT2D eigenvalue weighted by Gasteiger charge is -2.17. The molecule has 0 aromatic rings. The first-order valence-corrected chi connectivity index (χ1v) is 10.9. The van der Waals surface area contributed by atoms with Gasteiger partial charge in [0.05, 0.1) is 0 Å². The Morgan fingerprint density at radius 1 is 0.842 bits per heavy atom. The molecule has 0 aliphatic heterocycles. The van der Waals surface area contributed by atoms with Gasteiger partial charge in [-0.1, -0.05) is 101 Å². The Labute approximate surface area is 128 Å². The Balaban J connectivity index is 0. The zero-order valence-electron chi connectivity index (χ0n) is 14.8. The van der Waals surface area contributed by atoms with Crippen LogP contribution in [0.2, 0.25) is 15.8 Å². The highest BCUT2D eigenvalue weighted by atomic mass is 27.2. The molecule has 0 nitrogen and oxygen atoms in total. The second kappa shape index (κ2) is 14.7. The molecule has 19 heavy (non-hydrogen) atoms. The van der Waals surface area contributed by atoms with E-state index in [-0.39, 0.29) is 0 Å². The van der Waals surface area contributed by atoms with Crippen molar-refractivity contribution >= 4 is 14.1 Å². The average Bonchev–Trinajstić information content (AvgIpc) is 2.24. The van der Waals surface area contributed by atoms with Crippen LogP contribution in [0.15, 0.2) is 12.7 Å². The number of allylic oxidation sites excluding steroid dienone is 1. The zero-order valence-corrected chi connectivity index (χ0v) is 16.0. The molecule has 0 aromatic carbocycles. The molecule has 0 saturated carbocycles. The van der Waals surface area contributed by atoms with Crippen molar-refractivity contribution < 1.29 is 0 Å². The minimum atomic E-state index is -0.407. The Hall–Kier alpha value is 0.272. The fourth-order valence-electron chi connectivity index (χ4n) is 2.64. The summed E-state index contributed by atoms with van der Waals surface area (Å²) in [5.74, 6) is 2.78. The SMILES string of the molecule is C=CCCCC.CC(C)[CH2][Al]([CH2]C(C)C)[CH2]C(C)C. The minimum absolute atomic E-state index is 0.407. The summed E-state index contributed by atoms with van der Waals surface area (Å²) < 4.78 is 0. The van der Waals surface area contributed by atoms with Crippen LogP contribution in [0.4, 0.5) is 0 Å². The molecule has 0 aliphatic carbocycles. The lowest BCUT2D eigenvalue weighted by molar-refractivity contribution is 0.659. The smallest absolute Gasteiger partial charge is 0.103 e. The molecule has 0 rings (SSSR count). The summed E-state index contributed by atoms with van der Waals surface area (Å²) in [6.45, 7) is 20.0. The maximum atomic E-state index is 3.60. The first-order valence-electron chi connectivity index (χ1n) is 8.44. The van der Waals surface area contributed by atoms with Gasteiger partial charge >= 0.3 is 0 Å². The molecule has 1 heteroatoms. The number of hydrogen-bond acceptors (Lipinski definition) is 0. The van der Waals surface area contributed by atoms with Crippen LogP contribution in [-0.4, -0.2) is 14.1 Å². The summed E-state index contributed by atoms with van der Waals surface area (Å²) in [4.78, 5) is 0. The van der Waals surface area contributed by atoms with E-state index in [2.05, 4.69) is 55.0 Å². The van der Waals surface area contributed by atoms with Gasteiger partial charge in [-0.3, -0.25) is 0 Å². The van der Waals surface area contributed by atoms with Crippen LogP contribution in [0.25, 0.3) is 0 Å². The van der Waals surface area contributed by atoms with E-state index in [1.54, 1.807) is 15.8 Å². The van der Waals surface area contributed by atoms with E-state index in [1.807, 2.05) is 6.08 Å². The molecular formula is C18H39Al. The number of hydrogen-bond donors (Lipinski definition) is 0. The van der Waals surface area contributed by atoms with Crippen LogP contribution in [0.5, 0.6) is 0 Å². The van der Waals surface area contributed by atoms with Gasteiger partial charge in [-0.2, -0.15) is 0 Å². The second-order valence-corrected chi connectivity index (χ2v) is 10.3. The topological polar surface area (TPSA) is 0 Å². The molecule has 0 fully saturated rings. The Kier molecular flexibility index (Phi) is 16.7. The van der Waals surface area contributed by atoms with E-state index in [0.29, 0.717) is 0 Å². The second-order valence-electron chi connectivity index (χ2n) is 7.19. The lowest BCUT2D eigenvalue weighted by atomic mass is 10.2. The van der Waals surface area contributed by atoms with Crippen LogP contribution in [0.1, 0.15) is 67.7 Å². The fraction of sp³-hybridized carbons (Fsp3) is 0.889. The quantitative estimate of drug-likeness (QED) is 0.247. The van der Waals surface area contributed by atoms with E-state index >= 15 is 0 Å². The van der Waals surface area contributed by atoms with Crippen molar-refractivity contribution in [1.82, 2.24) is 0 Å².